The van der Waals surface area contributed by atoms with Crippen molar-refractivity contribution >= 4 is 23.2 Å². The molecule has 5 heteroatoms. The first-order chi connectivity index (χ1) is 11.5. The zero-order valence-electron chi connectivity index (χ0n) is 14.1. The average Bonchev–Trinajstić information content (AvgIpc) is 2.56. The van der Waals surface area contributed by atoms with Crippen LogP contribution in [-0.4, -0.2) is 17.9 Å². The molecule has 0 saturated heterocycles. The van der Waals surface area contributed by atoms with E-state index in [4.69, 9.17) is 4.74 Å². The summed E-state index contributed by atoms with van der Waals surface area (Å²) in [5.74, 6) is 0.379. The summed E-state index contributed by atoms with van der Waals surface area (Å²) in [6, 6.07) is 14.5. The normalized spacial score (nSPS) is 11.5. The number of carbonyl (C=O) groups excluding carboxylic acids is 2. The lowest BCUT2D eigenvalue weighted by molar-refractivity contribution is -0.122. The van der Waals surface area contributed by atoms with Crippen molar-refractivity contribution in [3.05, 3.63) is 54.1 Å². The fourth-order valence-electron chi connectivity index (χ4n) is 2.08. The Morgan fingerprint density at radius 2 is 1.67 bits per heavy atom. The standard InChI is InChI=1S/C19H22N2O3/c1-4-18(22)20-15-8-10-16(11-9-15)21-19(23)14(3)24-17-7-5-6-13(2)12-17/h5-12,14H,4H2,1-3H3,(H,20,22)(H,21,23)/t14-/m1/s1. The van der Waals surface area contributed by atoms with Gasteiger partial charge in [0.2, 0.25) is 5.91 Å². The molecule has 2 amide bonds. The summed E-state index contributed by atoms with van der Waals surface area (Å²) < 4.78 is 5.65. The highest BCUT2D eigenvalue weighted by molar-refractivity contribution is 5.95. The molecule has 2 aromatic carbocycles. The third-order valence-corrected chi connectivity index (χ3v) is 3.43. The van der Waals surface area contributed by atoms with Crippen molar-refractivity contribution in [3.8, 4) is 5.75 Å². The van der Waals surface area contributed by atoms with Gasteiger partial charge in [-0.25, -0.2) is 0 Å². The second-order valence-electron chi connectivity index (χ2n) is 5.54. The Balaban J connectivity index is 1.92. The number of hydrogen-bond acceptors (Lipinski definition) is 3. The first-order valence-electron chi connectivity index (χ1n) is 7.92. The predicted molar refractivity (Wildman–Crippen MR) is 95.3 cm³/mol. The lowest BCUT2D eigenvalue weighted by Crippen LogP contribution is -2.30. The molecule has 126 valence electrons. The smallest absolute Gasteiger partial charge is 0.265 e. The fraction of sp³-hybridized carbons (Fsp3) is 0.263. The molecular formula is C19H22N2O3. The summed E-state index contributed by atoms with van der Waals surface area (Å²) in [6.07, 6.45) is -0.196. The molecule has 0 radical (unpaired) electrons. The van der Waals surface area contributed by atoms with E-state index in [1.807, 2.05) is 31.2 Å². The van der Waals surface area contributed by atoms with Crippen molar-refractivity contribution < 1.29 is 14.3 Å². The molecule has 0 aliphatic heterocycles. The van der Waals surface area contributed by atoms with E-state index < -0.39 is 6.10 Å². The molecule has 0 bridgehead atoms. The van der Waals surface area contributed by atoms with E-state index in [0.29, 0.717) is 23.5 Å². The number of nitrogens with one attached hydrogen (secondary N) is 2. The summed E-state index contributed by atoms with van der Waals surface area (Å²) in [6.45, 7) is 5.46. The molecule has 0 aliphatic rings. The van der Waals surface area contributed by atoms with Crippen molar-refractivity contribution in [2.45, 2.75) is 33.3 Å². The van der Waals surface area contributed by atoms with E-state index in [9.17, 15) is 9.59 Å². The van der Waals surface area contributed by atoms with Crippen LogP contribution < -0.4 is 15.4 Å². The quantitative estimate of drug-likeness (QED) is 0.849. The maximum atomic E-state index is 12.2. The SMILES string of the molecule is CCC(=O)Nc1ccc(NC(=O)[C@@H](C)Oc2cccc(C)c2)cc1. The number of carbonyl (C=O) groups is 2. The third kappa shape index (κ3) is 5.12. The molecule has 24 heavy (non-hydrogen) atoms. The van der Waals surface area contributed by atoms with Crippen LogP contribution in [0.2, 0.25) is 0 Å². The minimum atomic E-state index is -0.619. The highest BCUT2D eigenvalue weighted by Crippen LogP contribution is 2.17. The van der Waals surface area contributed by atoms with E-state index in [2.05, 4.69) is 10.6 Å². The highest BCUT2D eigenvalue weighted by Gasteiger charge is 2.15. The molecule has 0 spiro atoms. The Kier molecular flexibility index (Phi) is 5.95. The van der Waals surface area contributed by atoms with Crippen molar-refractivity contribution in [1.82, 2.24) is 0 Å². The van der Waals surface area contributed by atoms with Gasteiger partial charge in [-0.2, -0.15) is 0 Å². The summed E-state index contributed by atoms with van der Waals surface area (Å²) in [7, 11) is 0. The van der Waals surface area contributed by atoms with Gasteiger partial charge in [-0.05, 0) is 55.8 Å². The molecule has 0 aromatic heterocycles. The van der Waals surface area contributed by atoms with Gasteiger partial charge >= 0.3 is 0 Å². The molecule has 5 nitrogen and oxygen atoms in total. The maximum absolute atomic E-state index is 12.2. The Bertz CT molecular complexity index is 711. The molecule has 0 fully saturated rings. The van der Waals surface area contributed by atoms with E-state index in [0.717, 1.165) is 5.56 Å². The first-order valence-corrected chi connectivity index (χ1v) is 7.92. The van der Waals surface area contributed by atoms with Crippen LogP contribution >= 0.6 is 0 Å². The predicted octanol–water partition coefficient (Wildman–Crippen LogP) is 3.75. The van der Waals surface area contributed by atoms with Gasteiger partial charge in [-0.1, -0.05) is 19.1 Å². The number of anilines is 2. The summed E-state index contributed by atoms with van der Waals surface area (Å²) >= 11 is 0. The highest BCUT2D eigenvalue weighted by atomic mass is 16.5. The Morgan fingerprint density at radius 1 is 1.04 bits per heavy atom. The van der Waals surface area contributed by atoms with Crippen molar-refractivity contribution in [2.24, 2.45) is 0 Å². The van der Waals surface area contributed by atoms with Crippen molar-refractivity contribution in [1.29, 1.82) is 0 Å². The maximum Gasteiger partial charge on any atom is 0.265 e. The van der Waals surface area contributed by atoms with Crippen molar-refractivity contribution in [3.63, 3.8) is 0 Å². The number of hydrogen-bond donors (Lipinski definition) is 2. The fourth-order valence-corrected chi connectivity index (χ4v) is 2.08. The van der Waals surface area contributed by atoms with Crippen LogP contribution in [0.25, 0.3) is 0 Å². The molecule has 0 aliphatic carbocycles. The molecule has 2 aromatic rings. The number of aryl methyl sites for hydroxylation is 1. The molecule has 1 atom stereocenters. The second-order valence-corrected chi connectivity index (χ2v) is 5.54. The molecule has 2 rings (SSSR count). The van der Waals surface area contributed by atoms with Gasteiger partial charge in [0.25, 0.3) is 5.91 Å². The van der Waals surface area contributed by atoms with Gasteiger partial charge in [0, 0.05) is 17.8 Å². The van der Waals surface area contributed by atoms with Crippen LogP contribution in [0.5, 0.6) is 5.75 Å². The van der Waals surface area contributed by atoms with E-state index in [1.54, 1.807) is 38.1 Å². The van der Waals surface area contributed by atoms with Gasteiger partial charge in [-0.3, -0.25) is 9.59 Å². The summed E-state index contributed by atoms with van der Waals surface area (Å²) in [5, 5.41) is 5.55. The lowest BCUT2D eigenvalue weighted by atomic mass is 10.2. The Hall–Kier alpha value is -2.82. The van der Waals surface area contributed by atoms with Crippen LogP contribution in [0.4, 0.5) is 11.4 Å². The topological polar surface area (TPSA) is 67.4 Å². The van der Waals surface area contributed by atoms with Crippen LogP contribution in [0.15, 0.2) is 48.5 Å². The zero-order valence-corrected chi connectivity index (χ0v) is 14.1. The van der Waals surface area contributed by atoms with Crippen LogP contribution in [0.1, 0.15) is 25.8 Å². The van der Waals surface area contributed by atoms with E-state index in [1.165, 1.54) is 0 Å². The summed E-state index contributed by atoms with van der Waals surface area (Å²) in [4.78, 5) is 23.5. The third-order valence-electron chi connectivity index (χ3n) is 3.43. The number of ether oxygens (including phenoxy) is 1. The average molecular weight is 326 g/mol. The molecule has 0 heterocycles. The number of rotatable bonds is 6. The van der Waals surface area contributed by atoms with Gasteiger partial charge in [0.15, 0.2) is 6.10 Å². The Labute approximate surface area is 142 Å². The van der Waals surface area contributed by atoms with Crippen molar-refractivity contribution in [2.75, 3.05) is 10.6 Å². The lowest BCUT2D eigenvalue weighted by Gasteiger charge is -2.15. The summed E-state index contributed by atoms with van der Waals surface area (Å²) in [5.41, 5.74) is 2.42. The molecular weight excluding hydrogens is 304 g/mol. The monoisotopic (exact) mass is 326 g/mol. The van der Waals surface area contributed by atoms with Gasteiger partial charge in [0.1, 0.15) is 5.75 Å². The number of benzene rings is 2. The molecule has 2 N–H and O–H groups in total. The Morgan fingerprint density at radius 3 is 2.25 bits per heavy atom. The molecule has 0 saturated carbocycles. The van der Waals surface area contributed by atoms with Crippen LogP contribution in [0, 0.1) is 6.92 Å². The number of amides is 2. The second kappa shape index (κ2) is 8.15. The van der Waals surface area contributed by atoms with Gasteiger partial charge in [-0.15, -0.1) is 0 Å². The van der Waals surface area contributed by atoms with Gasteiger partial charge < -0.3 is 15.4 Å². The minimum Gasteiger partial charge on any atom is -0.481 e. The molecule has 0 unspecified atom stereocenters. The van der Waals surface area contributed by atoms with Gasteiger partial charge in [0.05, 0.1) is 0 Å². The van der Waals surface area contributed by atoms with E-state index >= 15 is 0 Å². The zero-order chi connectivity index (χ0) is 17.5. The largest absolute Gasteiger partial charge is 0.481 e. The van der Waals surface area contributed by atoms with Crippen LogP contribution in [0.3, 0.4) is 0 Å². The van der Waals surface area contributed by atoms with E-state index in [-0.39, 0.29) is 11.8 Å². The van der Waals surface area contributed by atoms with Crippen LogP contribution in [-0.2, 0) is 9.59 Å². The minimum absolute atomic E-state index is 0.0491. The first kappa shape index (κ1) is 17.5.